The number of piperidine rings is 1. The highest BCUT2D eigenvalue weighted by Crippen LogP contribution is 2.19. The van der Waals surface area contributed by atoms with Gasteiger partial charge in [0.2, 0.25) is 5.91 Å². The molecule has 0 aromatic carbocycles. The second-order valence-corrected chi connectivity index (χ2v) is 5.87. The molecule has 0 saturated carbocycles. The molecule has 0 spiro atoms. The van der Waals surface area contributed by atoms with Crippen molar-refractivity contribution in [2.75, 3.05) is 34.8 Å². The zero-order valence-electron chi connectivity index (χ0n) is 11.7. The van der Waals surface area contributed by atoms with Crippen LogP contribution in [0, 0.1) is 0 Å². The van der Waals surface area contributed by atoms with Crippen molar-refractivity contribution < 1.29 is 14.7 Å². The average molecular weight is 309 g/mol. The molecule has 2 heterocycles. The fourth-order valence-corrected chi connectivity index (χ4v) is 2.73. The van der Waals surface area contributed by atoms with Gasteiger partial charge in [-0.1, -0.05) is 0 Å². The van der Waals surface area contributed by atoms with Crippen molar-refractivity contribution in [3.63, 3.8) is 0 Å². The summed E-state index contributed by atoms with van der Waals surface area (Å²) in [6, 6.07) is 3.74. The normalized spacial score (nSPS) is 14.8. The molecule has 0 unspecified atom stereocenters. The van der Waals surface area contributed by atoms with E-state index >= 15 is 0 Å². The number of aromatic nitrogens is 1. The molecule has 1 aliphatic heterocycles. The van der Waals surface area contributed by atoms with E-state index in [0.29, 0.717) is 5.69 Å². The van der Waals surface area contributed by atoms with Gasteiger partial charge in [-0.05, 0) is 31.4 Å². The van der Waals surface area contributed by atoms with Gasteiger partial charge in [-0.2, -0.15) is 0 Å². The van der Waals surface area contributed by atoms with Crippen LogP contribution < -0.4 is 10.2 Å². The highest BCUT2D eigenvalue weighted by atomic mass is 32.2. The third-order valence-electron chi connectivity index (χ3n) is 3.17. The van der Waals surface area contributed by atoms with Crippen molar-refractivity contribution in [1.82, 2.24) is 4.98 Å². The maximum atomic E-state index is 11.6. The van der Waals surface area contributed by atoms with E-state index < -0.39 is 5.97 Å². The van der Waals surface area contributed by atoms with Crippen LogP contribution in [0.4, 0.5) is 11.5 Å². The number of carbonyl (C=O) groups excluding carboxylic acids is 1. The van der Waals surface area contributed by atoms with Crippen molar-refractivity contribution in [3.8, 4) is 0 Å². The molecule has 1 aromatic rings. The van der Waals surface area contributed by atoms with Crippen LogP contribution in [-0.2, 0) is 9.59 Å². The van der Waals surface area contributed by atoms with E-state index in [0.717, 1.165) is 30.7 Å². The van der Waals surface area contributed by atoms with Gasteiger partial charge >= 0.3 is 5.97 Å². The Hall–Kier alpha value is -1.76. The van der Waals surface area contributed by atoms with Gasteiger partial charge in [-0.25, -0.2) is 4.98 Å². The van der Waals surface area contributed by atoms with Crippen molar-refractivity contribution in [2.45, 2.75) is 19.3 Å². The Morgan fingerprint density at radius 1 is 1.24 bits per heavy atom. The number of aliphatic carboxylic acids is 1. The second kappa shape index (κ2) is 7.87. The molecule has 0 radical (unpaired) electrons. The Bertz CT molecular complexity index is 487. The number of amides is 1. The molecule has 7 heteroatoms. The minimum absolute atomic E-state index is 0.0699. The fraction of sp³-hybridized carbons (Fsp3) is 0.500. The van der Waals surface area contributed by atoms with Crippen LogP contribution in [0.5, 0.6) is 0 Å². The summed E-state index contributed by atoms with van der Waals surface area (Å²) in [7, 11) is 0. The summed E-state index contributed by atoms with van der Waals surface area (Å²) in [6.07, 6.45) is 5.31. The van der Waals surface area contributed by atoms with Gasteiger partial charge in [0, 0.05) is 13.1 Å². The van der Waals surface area contributed by atoms with Gasteiger partial charge in [0.1, 0.15) is 5.82 Å². The lowest BCUT2D eigenvalue weighted by Gasteiger charge is -2.27. The molecule has 1 aliphatic rings. The first-order chi connectivity index (χ1) is 10.1. The molecule has 1 amide bonds. The molecule has 2 rings (SSSR count). The van der Waals surface area contributed by atoms with Gasteiger partial charge in [0.15, 0.2) is 0 Å². The van der Waals surface area contributed by atoms with Gasteiger partial charge in [-0.3, -0.25) is 9.59 Å². The highest BCUT2D eigenvalue weighted by Gasteiger charge is 2.12. The number of carbonyl (C=O) groups is 2. The first kappa shape index (κ1) is 15.6. The summed E-state index contributed by atoms with van der Waals surface area (Å²) >= 11 is 1.07. The number of hydrogen-bond donors (Lipinski definition) is 2. The van der Waals surface area contributed by atoms with E-state index in [1.165, 1.54) is 19.3 Å². The Morgan fingerprint density at radius 3 is 2.62 bits per heavy atom. The largest absolute Gasteiger partial charge is 0.481 e. The Morgan fingerprint density at radius 2 is 2.00 bits per heavy atom. The number of hydrogen-bond acceptors (Lipinski definition) is 5. The zero-order valence-corrected chi connectivity index (χ0v) is 12.6. The number of pyridine rings is 1. The SMILES string of the molecule is O=C(O)CSCC(=O)Nc1ccc(N2CCCCC2)nc1. The van der Waals surface area contributed by atoms with E-state index in [1.54, 1.807) is 6.20 Å². The van der Waals surface area contributed by atoms with E-state index in [2.05, 4.69) is 15.2 Å². The fourth-order valence-electron chi connectivity index (χ4n) is 2.20. The monoisotopic (exact) mass is 309 g/mol. The summed E-state index contributed by atoms with van der Waals surface area (Å²) in [4.78, 5) is 28.6. The van der Waals surface area contributed by atoms with Gasteiger partial charge in [-0.15, -0.1) is 11.8 Å². The Kier molecular flexibility index (Phi) is 5.86. The number of nitrogens with zero attached hydrogens (tertiary/aromatic N) is 2. The van der Waals surface area contributed by atoms with Crippen molar-refractivity contribution in [2.24, 2.45) is 0 Å². The minimum Gasteiger partial charge on any atom is -0.481 e. The summed E-state index contributed by atoms with van der Waals surface area (Å²) in [5, 5.41) is 11.2. The first-order valence-corrected chi connectivity index (χ1v) is 8.11. The maximum absolute atomic E-state index is 11.6. The maximum Gasteiger partial charge on any atom is 0.313 e. The van der Waals surface area contributed by atoms with Crippen molar-refractivity contribution >= 4 is 35.1 Å². The Balaban J connectivity index is 1.81. The number of carboxylic acids is 1. The predicted octanol–water partition coefficient (Wildman–Crippen LogP) is 1.83. The highest BCUT2D eigenvalue weighted by molar-refractivity contribution is 8.00. The van der Waals surface area contributed by atoms with E-state index in [4.69, 9.17) is 5.11 Å². The summed E-state index contributed by atoms with van der Waals surface area (Å²) < 4.78 is 0. The van der Waals surface area contributed by atoms with Crippen LogP contribution in [0.1, 0.15) is 19.3 Å². The molecular weight excluding hydrogens is 290 g/mol. The lowest BCUT2D eigenvalue weighted by Crippen LogP contribution is -2.30. The molecule has 6 nitrogen and oxygen atoms in total. The summed E-state index contributed by atoms with van der Waals surface area (Å²) in [6.45, 7) is 2.06. The molecule has 0 atom stereocenters. The molecule has 1 saturated heterocycles. The third-order valence-corrected chi connectivity index (χ3v) is 4.09. The molecule has 21 heavy (non-hydrogen) atoms. The number of nitrogens with one attached hydrogen (secondary N) is 1. The topological polar surface area (TPSA) is 82.5 Å². The molecule has 1 fully saturated rings. The first-order valence-electron chi connectivity index (χ1n) is 6.95. The molecule has 114 valence electrons. The number of anilines is 2. The zero-order chi connectivity index (χ0) is 15.1. The third kappa shape index (κ3) is 5.26. The molecule has 0 bridgehead atoms. The average Bonchev–Trinajstić information content (AvgIpc) is 2.48. The summed E-state index contributed by atoms with van der Waals surface area (Å²) in [5.41, 5.74) is 0.636. The van der Waals surface area contributed by atoms with Gasteiger partial charge in [0.25, 0.3) is 0 Å². The number of thioether (sulfide) groups is 1. The van der Waals surface area contributed by atoms with E-state index in [9.17, 15) is 9.59 Å². The standard InChI is InChI=1S/C14H19N3O3S/c18-13(9-21-10-14(19)20)16-11-4-5-12(15-8-11)17-6-2-1-3-7-17/h4-5,8H,1-3,6-7,9-10H2,(H,16,18)(H,19,20). The van der Waals surface area contributed by atoms with Crippen molar-refractivity contribution in [3.05, 3.63) is 18.3 Å². The van der Waals surface area contributed by atoms with E-state index in [-0.39, 0.29) is 17.4 Å². The smallest absolute Gasteiger partial charge is 0.313 e. The molecule has 1 aromatic heterocycles. The van der Waals surface area contributed by atoms with Crippen LogP contribution in [0.3, 0.4) is 0 Å². The molecule has 2 N–H and O–H groups in total. The number of rotatable bonds is 6. The second-order valence-electron chi connectivity index (χ2n) is 4.89. The summed E-state index contributed by atoms with van der Waals surface area (Å²) in [5.74, 6) is -0.137. The predicted molar refractivity (Wildman–Crippen MR) is 83.9 cm³/mol. The van der Waals surface area contributed by atoms with Crippen LogP contribution in [-0.4, -0.2) is 46.6 Å². The van der Waals surface area contributed by atoms with Crippen LogP contribution in [0.2, 0.25) is 0 Å². The molecule has 0 aliphatic carbocycles. The minimum atomic E-state index is -0.916. The Labute approximate surface area is 127 Å². The van der Waals surface area contributed by atoms with Crippen LogP contribution in [0.15, 0.2) is 18.3 Å². The van der Waals surface area contributed by atoms with Gasteiger partial charge < -0.3 is 15.3 Å². The van der Waals surface area contributed by atoms with Crippen LogP contribution in [0.25, 0.3) is 0 Å². The number of carboxylic acid groups (broad SMARTS) is 1. The van der Waals surface area contributed by atoms with E-state index in [1.807, 2.05) is 12.1 Å². The van der Waals surface area contributed by atoms with Crippen molar-refractivity contribution in [1.29, 1.82) is 0 Å². The van der Waals surface area contributed by atoms with Gasteiger partial charge in [0.05, 0.1) is 23.4 Å². The van der Waals surface area contributed by atoms with Crippen LogP contribution >= 0.6 is 11.8 Å². The quantitative estimate of drug-likeness (QED) is 0.834. The lowest BCUT2D eigenvalue weighted by molar-refractivity contribution is -0.133. The molecular formula is C14H19N3O3S. The lowest BCUT2D eigenvalue weighted by atomic mass is 10.1.